The monoisotopic (exact) mass is 183 g/mol. The third kappa shape index (κ3) is 2.99. The quantitative estimate of drug-likeness (QED) is 0.512. The molecule has 0 unspecified atom stereocenters. The Hall–Kier alpha value is -1.16. The Kier molecular flexibility index (Phi) is 3.64. The van der Waals surface area contributed by atoms with Crippen molar-refractivity contribution < 1.29 is 14.1 Å². The van der Waals surface area contributed by atoms with Gasteiger partial charge in [-0.1, -0.05) is 5.16 Å². The van der Waals surface area contributed by atoms with E-state index in [1.54, 1.807) is 13.2 Å². The van der Waals surface area contributed by atoms with Gasteiger partial charge < -0.3 is 9.26 Å². The van der Waals surface area contributed by atoms with Crippen molar-refractivity contribution in [1.29, 1.82) is 0 Å². The first kappa shape index (κ1) is 9.92. The molecule has 0 aromatic carbocycles. The second-order valence-corrected chi connectivity index (χ2v) is 2.83. The lowest BCUT2D eigenvalue weighted by atomic mass is 10.2. The fourth-order valence-electron chi connectivity index (χ4n) is 0.987. The van der Waals surface area contributed by atoms with Gasteiger partial charge in [0.1, 0.15) is 11.5 Å². The molecule has 0 spiro atoms. The maximum absolute atomic E-state index is 10.8. The third-order valence-corrected chi connectivity index (χ3v) is 1.69. The molecular formula is C9H13NO3. The molecule has 0 saturated carbocycles. The lowest BCUT2D eigenvalue weighted by Gasteiger charge is -1.93. The second-order valence-electron chi connectivity index (χ2n) is 2.83. The minimum atomic E-state index is -0.0678. The van der Waals surface area contributed by atoms with Crippen molar-refractivity contribution in [2.45, 2.75) is 19.8 Å². The maximum Gasteiger partial charge on any atom is 0.181 e. The molecule has 13 heavy (non-hydrogen) atoms. The van der Waals surface area contributed by atoms with Gasteiger partial charge in [-0.2, -0.15) is 0 Å². The van der Waals surface area contributed by atoms with Gasteiger partial charge in [-0.25, -0.2) is 0 Å². The summed E-state index contributed by atoms with van der Waals surface area (Å²) in [5.41, 5.74) is 0.396. The van der Waals surface area contributed by atoms with E-state index < -0.39 is 0 Å². The number of aromatic nitrogens is 1. The van der Waals surface area contributed by atoms with Gasteiger partial charge in [-0.05, 0) is 6.42 Å². The Morgan fingerprint density at radius 1 is 1.69 bits per heavy atom. The van der Waals surface area contributed by atoms with Gasteiger partial charge in [0.2, 0.25) is 0 Å². The first-order chi connectivity index (χ1) is 6.24. The highest BCUT2D eigenvalue weighted by Crippen LogP contribution is 2.06. The molecule has 0 saturated heterocycles. The van der Waals surface area contributed by atoms with E-state index in [9.17, 15) is 4.79 Å². The smallest absolute Gasteiger partial charge is 0.181 e. The molecule has 0 bridgehead atoms. The van der Waals surface area contributed by atoms with E-state index in [2.05, 4.69) is 5.16 Å². The minimum absolute atomic E-state index is 0.0678. The zero-order valence-corrected chi connectivity index (χ0v) is 7.87. The number of carbonyl (C=O) groups is 1. The van der Waals surface area contributed by atoms with E-state index in [1.807, 2.05) is 0 Å². The van der Waals surface area contributed by atoms with Crippen molar-refractivity contribution in [1.82, 2.24) is 5.16 Å². The van der Waals surface area contributed by atoms with E-state index in [4.69, 9.17) is 9.26 Å². The Labute approximate surface area is 76.9 Å². The number of aryl methyl sites for hydroxylation is 1. The molecule has 1 aromatic heterocycles. The molecule has 0 atom stereocenters. The molecule has 1 rings (SSSR count). The molecule has 72 valence electrons. The molecular weight excluding hydrogens is 170 g/mol. The molecule has 4 nitrogen and oxygen atoms in total. The summed E-state index contributed by atoms with van der Waals surface area (Å²) >= 11 is 0. The molecule has 0 aliphatic carbocycles. The molecule has 1 heterocycles. The Morgan fingerprint density at radius 2 is 2.46 bits per heavy atom. The zero-order chi connectivity index (χ0) is 9.68. The summed E-state index contributed by atoms with van der Waals surface area (Å²) < 4.78 is 9.83. The number of Topliss-reactive ketones (excluding diaryl/α,β-unsaturated/α-hetero) is 1. The molecule has 0 aliphatic rings. The summed E-state index contributed by atoms with van der Waals surface area (Å²) in [6.45, 7) is 2.16. The highest BCUT2D eigenvalue weighted by atomic mass is 16.5. The number of ether oxygens (including phenoxy) is 1. The topological polar surface area (TPSA) is 52.3 Å². The predicted octanol–water partition coefficient (Wildman–Crippen LogP) is 1.46. The summed E-state index contributed by atoms with van der Waals surface area (Å²) in [7, 11) is 1.65. The van der Waals surface area contributed by atoms with Crippen LogP contribution < -0.4 is 0 Å². The van der Waals surface area contributed by atoms with Crippen LogP contribution in [0.4, 0.5) is 0 Å². The molecule has 0 fully saturated rings. The van der Waals surface area contributed by atoms with Crippen molar-refractivity contribution in [3.63, 3.8) is 0 Å². The average molecular weight is 183 g/mol. The maximum atomic E-state index is 10.8. The lowest BCUT2D eigenvalue weighted by molar-refractivity contribution is 0.100. The number of hydrogen-bond donors (Lipinski definition) is 0. The van der Waals surface area contributed by atoms with Crippen LogP contribution in [0.1, 0.15) is 29.6 Å². The van der Waals surface area contributed by atoms with Gasteiger partial charge >= 0.3 is 0 Å². The van der Waals surface area contributed by atoms with E-state index in [1.165, 1.54) is 6.92 Å². The number of hydrogen-bond acceptors (Lipinski definition) is 4. The van der Waals surface area contributed by atoms with Crippen LogP contribution in [0.15, 0.2) is 10.6 Å². The van der Waals surface area contributed by atoms with Crippen molar-refractivity contribution >= 4 is 5.78 Å². The summed E-state index contributed by atoms with van der Waals surface area (Å²) in [4.78, 5) is 10.8. The molecule has 4 heteroatoms. The Bertz CT molecular complexity index is 280. The van der Waals surface area contributed by atoms with Crippen LogP contribution in [0.5, 0.6) is 0 Å². The van der Waals surface area contributed by atoms with Gasteiger partial charge in [-0.3, -0.25) is 4.79 Å². The first-order valence-electron chi connectivity index (χ1n) is 4.19. The molecule has 0 amide bonds. The van der Waals surface area contributed by atoms with Gasteiger partial charge in [0.05, 0.1) is 0 Å². The standard InChI is InChI=1S/C9H13NO3/c1-7(11)9-6-8(13-10-9)4-3-5-12-2/h6H,3-5H2,1-2H3. The highest BCUT2D eigenvalue weighted by Gasteiger charge is 2.06. The number of ketones is 1. The molecule has 0 radical (unpaired) electrons. The summed E-state index contributed by atoms with van der Waals surface area (Å²) in [5.74, 6) is 0.670. The summed E-state index contributed by atoms with van der Waals surface area (Å²) in [6, 6.07) is 1.68. The second kappa shape index (κ2) is 4.77. The van der Waals surface area contributed by atoms with Gasteiger partial charge in [0, 0.05) is 33.1 Å². The summed E-state index contributed by atoms with van der Waals surface area (Å²) in [5, 5.41) is 3.63. The number of rotatable bonds is 5. The van der Waals surface area contributed by atoms with Crippen LogP contribution in [0, 0.1) is 0 Å². The van der Waals surface area contributed by atoms with Crippen LogP contribution in [-0.2, 0) is 11.2 Å². The fraction of sp³-hybridized carbons (Fsp3) is 0.556. The van der Waals surface area contributed by atoms with E-state index >= 15 is 0 Å². The van der Waals surface area contributed by atoms with Crippen molar-refractivity contribution in [3.05, 3.63) is 17.5 Å². The minimum Gasteiger partial charge on any atom is -0.385 e. The van der Waals surface area contributed by atoms with E-state index in [-0.39, 0.29) is 5.78 Å². The predicted molar refractivity (Wildman–Crippen MR) is 46.7 cm³/mol. The average Bonchev–Trinajstić information content (AvgIpc) is 2.53. The summed E-state index contributed by atoms with van der Waals surface area (Å²) in [6.07, 6.45) is 1.64. The number of nitrogens with zero attached hydrogens (tertiary/aromatic N) is 1. The first-order valence-corrected chi connectivity index (χ1v) is 4.19. The lowest BCUT2D eigenvalue weighted by Crippen LogP contribution is -1.91. The van der Waals surface area contributed by atoms with Crippen LogP contribution in [0.3, 0.4) is 0 Å². The third-order valence-electron chi connectivity index (χ3n) is 1.69. The van der Waals surface area contributed by atoms with E-state index in [0.717, 1.165) is 18.6 Å². The highest BCUT2D eigenvalue weighted by molar-refractivity contribution is 5.91. The van der Waals surface area contributed by atoms with Crippen LogP contribution in [-0.4, -0.2) is 24.7 Å². The van der Waals surface area contributed by atoms with Crippen LogP contribution in [0.2, 0.25) is 0 Å². The van der Waals surface area contributed by atoms with Crippen molar-refractivity contribution in [3.8, 4) is 0 Å². The molecule has 1 aromatic rings. The van der Waals surface area contributed by atoms with Crippen LogP contribution in [0.25, 0.3) is 0 Å². The van der Waals surface area contributed by atoms with Crippen molar-refractivity contribution in [2.24, 2.45) is 0 Å². The van der Waals surface area contributed by atoms with E-state index in [0.29, 0.717) is 12.3 Å². The van der Waals surface area contributed by atoms with Gasteiger partial charge in [0.15, 0.2) is 5.78 Å². The zero-order valence-electron chi connectivity index (χ0n) is 7.87. The van der Waals surface area contributed by atoms with Crippen LogP contribution >= 0.6 is 0 Å². The van der Waals surface area contributed by atoms with Crippen molar-refractivity contribution in [2.75, 3.05) is 13.7 Å². The normalized spacial score (nSPS) is 10.3. The Morgan fingerprint density at radius 3 is 3.00 bits per heavy atom. The van der Waals surface area contributed by atoms with Gasteiger partial charge in [-0.15, -0.1) is 0 Å². The Balaban J connectivity index is 2.44. The fourth-order valence-corrected chi connectivity index (χ4v) is 0.987. The SMILES string of the molecule is COCCCc1cc(C(C)=O)no1. The van der Waals surface area contributed by atoms with Gasteiger partial charge in [0.25, 0.3) is 0 Å². The largest absolute Gasteiger partial charge is 0.385 e. The molecule has 0 aliphatic heterocycles. The molecule has 0 N–H and O–H groups in total. The number of methoxy groups -OCH3 is 1. The number of carbonyl (C=O) groups excluding carboxylic acids is 1.